The van der Waals surface area contributed by atoms with Gasteiger partial charge in [0.05, 0.1) is 0 Å². The van der Waals surface area contributed by atoms with Gasteiger partial charge in [0.1, 0.15) is 0 Å². The molecule has 1 N–H and O–H groups in total. The van der Waals surface area contributed by atoms with Crippen LogP contribution in [0.3, 0.4) is 0 Å². The van der Waals surface area contributed by atoms with Crippen LogP contribution in [0, 0.1) is 11.8 Å². The number of allylic oxidation sites excluding steroid dienone is 1. The van der Waals surface area contributed by atoms with Crippen LogP contribution in [0.15, 0.2) is 11.8 Å². The molecule has 0 unspecified atom stereocenters. The minimum atomic E-state index is 0.0826. The molecule has 0 aromatic carbocycles. The number of carbonyl (C=O) groups excluding carboxylic acids is 1. The summed E-state index contributed by atoms with van der Waals surface area (Å²) in [7, 11) is 0. The quantitative estimate of drug-likeness (QED) is 0.799. The van der Waals surface area contributed by atoms with Crippen molar-refractivity contribution in [2.24, 2.45) is 11.8 Å². The Hall–Kier alpha value is -0.990. The van der Waals surface area contributed by atoms with Crippen LogP contribution in [0.5, 0.6) is 0 Å². The second kappa shape index (κ2) is 6.26. The maximum absolute atomic E-state index is 12.0. The average Bonchev–Trinajstić information content (AvgIpc) is 2.90. The molecule has 0 radical (unpaired) electrons. The zero-order valence-corrected chi connectivity index (χ0v) is 11.7. The summed E-state index contributed by atoms with van der Waals surface area (Å²) in [4.78, 5) is 13.9. The van der Waals surface area contributed by atoms with Gasteiger partial charge in [-0.15, -0.1) is 0 Å². The lowest BCUT2D eigenvalue weighted by molar-refractivity contribution is 0.177. The van der Waals surface area contributed by atoms with E-state index in [1.807, 2.05) is 11.1 Å². The zero-order valence-electron chi connectivity index (χ0n) is 11.7. The van der Waals surface area contributed by atoms with Gasteiger partial charge in [-0.1, -0.05) is 25.3 Å². The van der Waals surface area contributed by atoms with E-state index in [4.69, 9.17) is 0 Å². The van der Waals surface area contributed by atoms with Gasteiger partial charge in [0, 0.05) is 19.3 Å². The molecular weight excluding hydrogens is 224 g/mol. The number of amides is 2. The summed E-state index contributed by atoms with van der Waals surface area (Å²) in [5, 5.41) is 2.97. The number of nitrogens with zero attached hydrogens (tertiary/aromatic N) is 1. The number of carbonyl (C=O) groups is 1. The lowest BCUT2D eigenvalue weighted by atomic mass is 9.99. The van der Waals surface area contributed by atoms with Gasteiger partial charge in [0.25, 0.3) is 0 Å². The molecule has 2 amide bonds. The van der Waals surface area contributed by atoms with Gasteiger partial charge in [-0.3, -0.25) is 0 Å². The Balaban J connectivity index is 1.78. The van der Waals surface area contributed by atoms with Gasteiger partial charge < -0.3 is 10.2 Å². The molecule has 1 aliphatic carbocycles. The molecule has 18 heavy (non-hydrogen) atoms. The molecule has 102 valence electrons. The fourth-order valence-electron chi connectivity index (χ4n) is 2.98. The number of hydrogen-bond donors (Lipinski definition) is 1. The highest BCUT2D eigenvalue weighted by atomic mass is 16.2. The Morgan fingerprint density at radius 1 is 1.17 bits per heavy atom. The highest BCUT2D eigenvalue weighted by Crippen LogP contribution is 2.30. The van der Waals surface area contributed by atoms with Crippen molar-refractivity contribution in [2.75, 3.05) is 13.1 Å². The van der Waals surface area contributed by atoms with Gasteiger partial charge in [-0.05, 0) is 44.4 Å². The third kappa shape index (κ3) is 3.50. The maximum atomic E-state index is 12.0. The summed E-state index contributed by atoms with van der Waals surface area (Å²) in [6.07, 6.45) is 9.48. The van der Waals surface area contributed by atoms with E-state index in [1.165, 1.54) is 31.3 Å². The lowest BCUT2D eigenvalue weighted by Gasteiger charge is -2.30. The van der Waals surface area contributed by atoms with Crippen molar-refractivity contribution in [3.05, 3.63) is 11.8 Å². The van der Waals surface area contributed by atoms with Gasteiger partial charge in [0.2, 0.25) is 0 Å². The van der Waals surface area contributed by atoms with E-state index in [9.17, 15) is 4.79 Å². The number of hydrogen-bond acceptors (Lipinski definition) is 1. The molecule has 1 heterocycles. The highest BCUT2D eigenvalue weighted by molar-refractivity contribution is 5.75. The van der Waals surface area contributed by atoms with E-state index < -0.39 is 0 Å². The first-order valence-corrected chi connectivity index (χ1v) is 7.39. The molecule has 3 heteroatoms. The first-order valence-electron chi connectivity index (χ1n) is 7.39. The molecule has 2 fully saturated rings. The molecule has 0 atom stereocenters. The maximum Gasteiger partial charge on any atom is 0.321 e. The molecule has 0 bridgehead atoms. The highest BCUT2D eigenvalue weighted by Gasteiger charge is 2.20. The molecule has 0 spiro atoms. The fraction of sp³-hybridized carbons (Fsp3) is 0.800. The SMILES string of the molecule is C/C(=C\NC(=O)N1CCC(C)CC1)C1CCCC1. The Kier molecular flexibility index (Phi) is 4.67. The molecule has 1 saturated carbocycles. The predicted octanol–water partition coefficient (Wildman–Crippen LogP) is 3.52. The van der Waals surface area contributed by atoms with Crippen LogP contribution in [0.25, 0.3) is 0 Å². The largest absolute Gasteiger partial charge is 0.325 e. The second-order valence-corrected chi connectivity index (χ2v) is 5.99. The van der Waals surface area contributed by atoms with E-state index in [2.05, 4.69) is 19.2 Å². The van der Waals surface area contributed by atoms with Crippen LogP contribution in [0.1, 0.15) is 52.4 Å². The van der Waals surface area contributed by atoms with E-state index in [0.29, 0.717) is 5.92 Å². The lowest BCUT2D eigenvalue weighted by Crippen LogP contribution is -2.42. The van der Waals surface area contributed by atoms with Gasteiger partial charge in [-0.25, -0.2) is 4.79 Å². The topological polar surface area (TPSA) is 32.3 Å². The number of rotatable bonds is 2. The number of piperidine rings is 1. The molecule has 1 aliphatic heterocycles. The molecule has 2 rings (SSSR count). The second-order valence-electron chi connectivity index (χ2n) is 5.99. The molecule has 0 aromatic heterocycles. The molecule has 3 nitrogen and oxygen atoms in total. The van der Waals surface area contributed by atoms with Gasteiger partial charge in [-0.2, -0.15) is 0 Å². The van der Waals surface area contributed by atoms with Crippen LogP contribution >= 0.6 is 0 Å². The molecule has 1 saturated heterocycles. The Morgan fingerprint density at radius 3 is 2.39 bits per heavy atom. The van der Waals surface area contributed by atoms with Crippen molar-refractivity contribution < 1.29 is 4.79 Å². The first kappa shape index (κ1) is 13.4. The minimum Gasteiger partial charge on any atom is -0.325 e. The van der Waals surface area contributed by atoms with Gasteiger partial charge in [0.15, 0.2) is 0 Å². The van der Waals surface area contributed by atoms with Crippen LogP contribution in [0.4, 0.5) is 4.79 Å². The van der Waals surface area contributed by atoms with Crippen molar-refractivity contribution in [2.45, 2.75) is 52.4 Å². The standard InChI is InChI=1S/C15H26N2O/c1-12-7-9-17(10-8-12)15(18)16-11-13(2)14-5-3-4-6-14/h11-12,14H,3-10H2,1-2H3,(H,16,18)/b13-11+. The molecule has 0 aromatic rings. The summed E-state index contributed by atoms with van der Waals surface area (Å²) in [6.45, 7) is 6.22. The predicted molar refractivity (Wildman–Crippen MR) is 74.2 cm³/mol. The third-order valence-corrected chi connectivity index (χ3v) is 4.49. The number of urea groups is 1. The Labute approximate surface area is 111 Å². The Bertz CT molecular complexity index is 310. The van der Waals surface area contributed by atoms with Crippen LogP contribution in [-0.2, 0) is 0 Å². The summed E-state index contributed by atoms with van der Waals surface area (Å²) in [5.74, 6) is 1.47. The molecule has 2 aliphatic rings. The van der Waals surface area contributed by atoms with Crippen LogP contribution in [-0.4, -0.2) is 24.0 Å². The van der Waals surface area contributed by atoms with Crippen LogP contribution in [0.2, 0.25) is 0 Å². The summed E-state index contributed by atoms with van der Waals surface area (Å²) < 4.78 is 0. The first-order chi connectivity index (χ1) is 8.66. The van der Waals surface area contributed by atoms with E-state index in [0.717, 1.165) is 31.8 Å². The summed E-state index contributed by atoms with van der Waals surface area (Å²) in [5.41, 5.74) is 1.34. The van der Waals surface area contributed by atoms with E-state index >= 15 is 0 Å². The summed E-state index contributed by atoms with van der Waals surface area (Å²) in [6, 6.07) is 0.0826. The van der Waals surface area contributed by atoms with Crippen molar-refractivity contribution in [1.29, 1.82) is 0 Å². The minimum absolute atomic E-state index is 0.0826. The fourth-order valence-corrected chi connectivity index (χ4v) is 2.98. The molecular formula is C15H26N2O. The monoisotopic (exact) mass is 250 g/mol. The van der Waals surface area contributed by atoms with E-state index in [-0.39, 0.29) is 6.03 Å². The average molecular weight is 250 g/mol. The number of likely N-dealkylation sites (tertiary alicyclic amines) is 1. The van der Waals surface area contributed by atoms with Crippen molar-refractivity contribution in [3.8, 4) is 0 Å². The number of nitrogens with one attached hydrogen (secondary N) is 1. The normalized spacial score (nSPS) is 23.4. The van der Waals surface area contributed by atoms with Crippen molar-refractivity contribution in [3.63, 3.8) is 0 Å². The smallest absolute Gasteiger partial charge is 0.321 e. The van der Waals surface area contributed by atoms with Crippen molar-refractivity contribution in [1.82, 2.24) is 10.2 Å². The Morgan fingerprint density at radius 2 is 1.78 bits per heavy atom. The van der Waals surface area contributed by atoms with Crippen molar-refractivity contribution >= 4 is 6.03 Å². The third-order valence-electron chi connectivity index (χ3n) is 4.49. The van der Waals surface area contributed by atoms with Gasteiger partial charge >= 0.3 is 6.03 Å². The van der Waals surface area contributed by atoms with E-state index in [1.54, 1.807) is 0 Å². The summed E-state index contributed by atoms with van der Waals surface area (Å²) >= 11 is 0. The van der Waals surface area contributed by atoms with Crippen LogP contribution < -0.4 is 5.32 Å². The zero-order chi connectivity index (χ0) is 13.0.